The van der Waals surface area contributed by atoms with Crippen LogP contribution in [0.1, 0.15) is 187 Å². The minimum absolute atomic E-state index is 0.0225. The van der Waals surface area contributed by atoms with Gasteiger partial charge in [-0.05, 0) is 169 Å². The lowest BCUT2D eigenvalue weighted by Gasteiger charge is -2.50. The molecule has 4 aliphatic carbocycles. The predicted molar refractivity (Wildman–Crippen MR) is 226 cm³/mol. The van der Waals surface area contributed by atoms with E-state index >= 15 is 0 Å². The van der Waals surface area contributed by atoms with Crippen molar-refractivity contribution in [1.82, 2.24) is 0 Å². The second-order valence-corrected chi connectivity index (χ2v) is 20.7. The van der Waals surface area contributed by atoms with E-state index < -0.39 is 122 Å². The van der Waals surface area contributed by atoms with Gasteiger partial charge in [0.05, 0.1) is 17.3 Å². The topological polar surface area (TPSA) is 118 Å². The zero-order valence-corrected chi connectivity index (χ0v) is 37.6. The molecule has 4 saturated carbocycles. The second kappa shape index (κ2) is 20.1. The monoisotopic (exact) mass is 987 g/mol. The first-order valence-corrected chi connectivity index (χ1v) is 22.3. The molecule has 4 unspecified atom stereocenters. The van der Waals surface area contributed by atoms with Gasteiger partial charge >= 0.3 is 24.7 Å². The summed E-state index contributed by atoms with van der Waals surface area (Å²) >= 11 is 0. The number of halogens is 12. The van der Waals surface area contributed by atoms with Crippen LogP contribution in [-0.4, -0.2) is 84.5 Å². The number of aliphatic hydroxyl groups is 5. The van der Waals surface area contributed by atoms with Gasteiger partial charge in [0.1, 0.15) is 5.78 Å². The van der Waals surface area contributed by atoms with Crippen LogP contribution in [0.25, 0.3) is 0 Å². The third-order valence-electron chi connectivity index (χ3n) is 15.8. The Balaban J connectivity index is 0.000000410. The highest BCUT2D eigenvalue weighted by atomic mass is 19.4. The van der Waals surface area contributed by atoms with E-state index in [0.29, 0.717) is 76.4 Å². The van der Waals surface area contributed by atoms with Crippen LogP contribution < -0.4 is 0 Å². The van der Waals surface area contributed by atoms with Crippen molar-refractivity contribution in [3.05, 3.63) is 24.3 Å². The minimum Gasteiger partial charge on any atom is -0.393 e. The highest BCUT2D eigenvalue weighted by molar-refractivity contribution is 5.83. The van der Waals surface area contributed by atoms with Gasteiger partial charge in [0, 0.05) is 28.8 Å². The molecule has 4 rings (SSSR count). The van der Waals surface area contributed by atoms with Gasteiger partial charge in [-0.15, -0.1) is 0 Å². The number of carbonyl (C=O) groups excluding carboxylic acids is 1. The van der Waals surface area contributed by atoms with Crippen LogP contribution in [0.15, 0.2) is 24.3 Å². The molecule has 9 atom stereocenters. The van der Waals surface area contributed by atoms with Gasteiger partial charge in [0.2, 0.25) is 0 Å². The highest BCUT2D eigenvalue weighted by Crippen LogP contribution is 2.64. The predicted octanol–water partition coefficient (Wildman–Crippen LogP) is 12.8. The zero-order valence-electron chi connectivity index (χ0n) is 49.6. The Bertz CT molecular complexity index is 2050. The maximum Gasteiger partial charge on any atom is 0.429 e. The van der Waals surface area contributed by atoms with Crippen LogP contribution in [0.4, 0.5) is 52.7 Å². The van der Waals surface area contributed by atoms with Crippen molar-refractivity contribution in [2.24, 2.45) is 45.3 Å². The first kappa shape index (κ1) is 41.9. The molecule has 0 aromatic heterocycles. The van der Waals surface area contributed by atoms with Crippen LogP contribution >= 0.6 is 0 Å². The van der Waals surface area contributed by atoms with Crippen molar-refractivity contribution in [2.75, 3.05) is 0 Å². The fourth-order valence-corrected chi connectivity index (χ4v) is 12.4. The van der Waals surface area contributed by atoms with Gasteiger partial charge in [-0.2, -0.15) is 52.7 Å². The van der Waals surface area contributed by atoms with Crippen molar-refractivity contribution in [3.63, 3.8) is 0 Å². The average Bonchev–Trinajstić information content (AvgIpc) is 3.79. The lowest BCUT2D eigenvalue weighted by molar-refractivity contribution is -0.348. The molecule has 0 spiro atoms. The third-order valence-corrected chi connectivity index (χ3v) is 15.8. The summed E-state index contributed by atoms with van der Waals surface area (Å²) in [5.41, 5.74) is -19.6. The van der Waals surface area contributed by atoms with E-state index in [1.165, 1.54) is 0 Å². The Morgan fingerprint density at radius 2 is 0.985 bits per heavy atom. The summed E-state index contributed by atoms with van der Waals surface area (Å²) in [5, 5.41) is 50.9. The van der Waals surface area contributed by atoms with E-state index in [9.17, 15) is 83.0 Å². The number of carbonyl (C=O) groups is 1. The lowest BCUT2D eigenvalue weighted by atomic mass is 9.56. The quantitative estimate of drug-likeness (QED) is 0.0777. The summed E-state index contributed by atoms with van der Waals surface area (Å²) in [6.07, 6.45) is -21.5. The van der Waals surface area contributed by atoms with Gasteiger partial charge in [0.15, 0.2) is 0 Å². The smallest absolute Gasteiger partial charge is 0.393 e. The van der Waals surface area contributed by atoms with Gasteiger partial charge in [-0.3, -0.25) is 4.79 Å². The SMILES string of the molecule is [2H]C([2H])([2H])C(O)(CCCC(C)(C/C=C/C(O)(C(F)(F)F)C(F)(F)F)[C@H]1CCC2C(=O)CCC[C@@]21C)C([2H])([2H])[2H].[2H]C([2H])([2H])C(O)(CCCC(C)(C/C=C/C(O)(C(F)(F)F)C(F)(F)F)[C@H]1CCC2[C@@H](O)CCC[C@@]21C)C([2H])([2H])[2H]. The van der Waals surface area contributed by atoms with Crippen molar-refractivity contribution in [1.29, 1.82) is 0 Å². The number of hydrogen-bond acceptors (Lipinski definition) is 6. The molecule has 66 heavy (non-hydrogen) atoms. The Morgan fingerprint density at radius 3 is 1.39 bits per heavy atom. The van der Waals surface area contributed by atoms with Crippen molar-refractivity contribution in [3.8, 4) is 0 Å². The van der Waals surface area contributed by atoms with E-state index in [4.69, 9.17) is 16.4 Å². The molecule has 0 bridgehead atoms. The number of rotatable bonds is 16. The van der Waals surface area contributed by atoms with Crippen LogP contribution in [0.2, 0.25) is 0 Å². The molecule has 4 aliphatic rings. The Hall–Kier alpha value is -1.89. The number of ketones is 1. The Kier molecular flexibility index (Phi) is 12.7. The number of hydrogen-bond donors (Lipinski definition) is 5. The molecule has 0 aromatic rings. The average molecular weight is 987 g/mol. The van der Waals surface area contributed by atoms with E-state index in [2.05, 4.69) is 0 Å². The van der Waals surface area contributed by atoms with Crippen molar-refractivity contribution < 1.29 is 99.5 Å². The van der Waals surface area contributed by atoms with E-state index in [-0.39, 0.29) is 73.7 Å². The number of allylic oxidation sites excluding steroid dienone is 2. The number of Topliss-reactive ketones (excluding diaryl/α,β-unsaturated/α-hetero) is 1. The molecule has 5 N–H and O–H groups in total. The van der Waals surface area contributed by atoms with Gasteiger partial charge in [-0.1, -0.05) is 59.1 Å². The standard InChI is InChI=1S/C24H38F6O3.C24H36F6O3/c2*1-19(2,32)11-6-12-20(3,13-7-15-22(33,23(25,26)27)24(28,29)30)18-10-9-16-17(31)8-5-14-21(16,18)4/h7,15-18,31-33H,5-6,8-14H2,1-4H3;7,15-16,18,32-33H,5-6,8-14H2,1-4H3/b2*15-7+/t16?,17-,18+,20?,21-;16?,18-,20?,21+/m01/s1/i2*1D3,2D3. The third kappa shape index (κ3) is 12.9. The number of fused-ring (bicyclic) bond motifs is 2. The first-order valence-electron chi connectivity index (χ1n) is 28.3. The molecule has 386 valence electrons. The summed E-state index contributed by atoms with van der Waals surface area (Å²) in [6.45, 7) is -6.13. The zero-order chi connectivity index (χ0) is 61.0. The van der Waals surface area contributed by atoms with Gasteiger partial charge in [-0.25, -0.2) is 0 Å². The largest absolute Gasteiger partial charge is 0.429 e. The molecule has 0 amide bonds. The molecular formula is C48H74F12O6. The van der Waals surface area contributed by atoms with Crippen LogP contribution in [-0.2, 0) is 4.79 Å². The molecule has 0 aliphatic heterocycles. The van der Waals surface area contributed by atoms with E-state index in [1.54, 1.807) is 13.8 Å². The molecular weight excluding hydrogens is 900 g/mol. The Labute approximate surface area is 398 Å². The van der Waals surface area contributed by atoms with Crippen molar-refractivity contribution >= 4 is 5.78 Å². The van der Waals surface area contributed by atoms with Crippen LogP contribution in [0.5, 0.6) is 0 Å². The lowest BCUT2D eigenvalue weighted by Crippen LogP contribution is -2.55. The Morgan fingerprint density at radius 1 is 0.591 bits per heavy atom. The highest BCUT2D eigenvalue weighted by Gasteiger charge is 2.70. The molecule has 6 nitrogen and oxygen atoms in total. The summed E-state index contributed by atoms with van der Waals surface area (Å²) in [5.74, 6) is -1.17. The number of aliphatic hydroxyl groups excluding tert-OH is 1. The van der Waals surface area contributed by atoms with E-state index in [1.807, 2.05) is 13.8 Å². The second-order valence-electron chi connectivity index (χ2n) is 20.7. The summed E-state index contributed by atoms with van der Waals surface area (Å²) < 4.78 is 249. The molecule has 0 aromatic carbocycles. The fraction of sp³-hybridized carbons (Fsp3) is 0.896. The van der Waals surface area contributed by atoms with Gasteiger partial charge in [0.25, 0.3) is 11.2 Å². The minimum atomic E-state index is -6.05. The molecule has 0 heterocycles. The molecule has 0 radical (unpaired) electrons. The number of alkyl halides is 12. The maximum atomic E-state index is 13.2. The summed E-state index contributed by atoms with van der Waals surface area (Å²) in [7, 11) is 0. The maximum absolute atomic E-state index is 13.2. The van der Waals surface area contributed by atoms with Crippen LogP contribution in [0.3, 0.4) is 0 Å². The normalized spacial score (nSPS) is 34.0. The van der Waals surface area contributed by atoms with Crippen LogP contribution in [0, 0.1) is 45.3 Å². The fourth-order valence-electron chi connectivity index (χ4n) is 12.4. The van der Waals surface area contributed by atoms with Gasteiger partial charge < -0.3 is 25.5 Å². The summed E-state index contributed by atoms with van der Waals surface area (Å²) in [4.78, 5) is 12.6. The molecule has 0 saturated heterocycles. The molecule has 4 fully saturated rings. The first-order chi connectivity index (χ1) is 34.5. The summed E-state index contributed by atoms with van der Waals surface area (Å²) in [6, 6.07) is 0. The van der Waals surface area contributed by atoms with Crippen molar-refractivity contribution in [2.45, 2.75) is 224 Å². The molecule has 18 heteroatoms. The van der Waals surface area contributed by atoms with E-state index in [0.717, 1.165) is 0 Å².